The molecule has 0 atom stereocenters. The van der Waals surface area contributed by atoms with Gasteiger partial charge in [0.15, 0.2) is 5.82 Å². The molecule has 1 aliphatic rings. The maximum Gasteiger partial charge on any atom is 0.246 e. The second kappa shape index (κ2) is 6.50. The van der Waals surface area contributed by atoms with Crippen molar-refractivity contribution in [2.24, 2.45) is 0 Å². The molecular formula is C14H20ClFN2O2S. The van der Waals surface area contributed by atoms with Crippen LogP contribution in [-0.4, -0.2) is 25.8 Å². The molecular weight excluding hydrogens is 315 g/mol. The summed E-state index contributed by atoms with van der Waals surface area (Å²) in [4.78, 5) is -0.445. The molecule has 0 heterocycles. The molecule has 1 aromatic rings. The number of nitrogens with two attached hydrogens (primary N) is 1. The third-order valence-corrected chi connectivity index (χ3v) is 6.16. The van der Waals surface area contributed by atoms with Gasteiger partial charge in [0.1, 0.15) is 4.90 Å². The number of hydrogen-bond acceptors (Lipinski definition) is 3. The molecule has 1 fully saturated rings. The Labute approximate surface area is 130 Å². The number of halogens is 2. The molecule has 1 aromatic carbocycles. The minimum atomic E-state index is -3.94. The van der Waals surface area contributed by atoms with Crippen LogP contribution in [0.2, 0.25) is 5.02 Å². The fraction of sp³-hybridized carbons (Fsp3) is 0.571. The SMILES string of the molecule is CN(C1CCCCCC1)S(=O)(=O)c1cc(Cl)cc(N)c1F. The molecule has 0 amide bonds. The van der Waals surface area contributed by atoms with Crippen LogP contribution in [-0.2, 0) is 10.0 Å². The molecule has 0 radical (unpaired) electrons. The summed E-state index contributed by atoms with van der Waals surface area (Å²) in [7, 11) is -2.43. The van der Waals surface area contributed by atoms with Crippen molar-refractivity contribution in [3.05, 3.63) is 23.0 Å². The first-order valence-corrected chi connectivity index (χ1v) is 8.88. The normalized spacial score (nSPS) is 17.9. The molecule has 1 saturated carbocycles. The maximum absolute atomic E-state index is 14.1. The second-order valence-corrected chi connectivity index (χ2v) is 7.88. The summed E-state index contributed by atoms with van der Waals surface area (Å²) >= 11 is 5.82. The van der Waals surface area contributed by atoms with E-state index in [0.717, 1.165) is 44.6 Å². The van der Waals surface area contributed by atoms with E-state index in [2.05, 4.69) is 0 Å². The fourth-order valence-electron chi connectivity index (χ4n) is 2.74. The van der Waals surface area contributed by atoms with E-state index in [1.165, 1.54) is 17.4 Å². The van der Waals surface area contributed by atoms with Gasteiger partial charge in [-0.3, -0.25) is 0 Å². The van der Waals surface area contributed by atoms with Crippen LogP contribution in [0.15, 0.2) is 17.0 Å². The molecule has 7 heteroatoms. The summed E-state index contributed by atoms with van der Waals surface area (Å²) in [5, 5.41) is 0.113. The lowest BCUT2D eigenvalue weighted by Crippen LogP contribution is -2.37. The summed E-state index contributed by atoms with van der Waals surface area (Å²) in [6, 6.07) is 2.23. The highest BCUT2D eigenvalue weighted by Crippen LogP contribution is 2.30. The van der Waals surface area contributed by atoms with Gasteiger partial charge in [-0.05, 0) is 25.0 Å². The predicted molar refractivity (Wildman–Crippen MR) is 82.3 cm³/mol. The van der Waals surface area contributed by atoms with E-state index in [0.29, 0.717) is 0 Å². The van der Waals surface area contributed by atoms with Crippen LogP contribution in [0.5, 0.6) is 0 Å². The first-order chi connectivity index (χ1) is 9.84. The Morgan fingerprint density at radius 3 is 2.38 bits per heavy atom. The molecule has 1 aliphatic carbocycles. The molecule has 0 spiro atoms. The molecule has 2 N–H and O–H groups in total. The second-order valence-electron chi connectivity index (χ2n) is 5.47. The van der Waals surface area contributed by atoms with Gasteiger partial charge in [-0.25, -0.2) is 12.8 Å². The van der Waals surface area contributed by atoms with E-state index in [1.54, 1.807) is 0 Å². The number of rotatable bonds is 3. The average molecular weight is 335 g/mol. The van der Waals surface area contributed by atoms with Crippen molar-refractivity contribution in [2.75, 3.05) is 12.8 Å². The molecule has 0 aliphatic heterocycles. The van der Waals surface area contributed by atoms with E-state index in [4.69, 9.17) is 17.3 Å². The number of nitrogen functional groups attached to an aromatic ring is 1. The van der Waals surface area contributed by atoms with Crippen molar-refractivity contribution in [1.29, 1.82) is 0 Å². The van der Waals surface area contributed by atoms with E-state index >= 15 is 0 Å². The average Bonchev–Trinajstić information content (AvgIpc) is 2.70. The van der Waals surface area contributed by atoms with Crippen molar-refractivity contribution in [3.63, 3.8) is 0 Å². The van der Waals surface area contributed by atoms with E-state index in [9.17, 15) is 12.8 Å². The number of benzene rings is 1. The Morgan fingerprint density at radius 1 is 1.24 bits per heavy atom. The van der Waals surface area contributed by atoms with Gasteiger partial charge in [0, 0.05) is 18.1 Å². The molecule has 0 bridgehead atoms. The maximum atomic E-state index is 14.1. The van der Waals surface area contributed by atoms with E-state index in [-0.39, 0.29) is 16.8 Å². The lowest BCUT2D eigenvalue weighted by atomic mass is 10.1. The lowest BCUT2D eigenvalue weighted by Gasteiger charge is -2.26. The Morgan fingerprint density at radius 2 is 1.81 bits per heavy atom. The van der Waals surface area contributed by atoms with Crippen molar-refractivity contribution in [1.82, 2.24) is 4.31 Å². The highest BCUT2D eigenvalue weighted by molar-refractivity contribution is 7.89. The van der Waals surface area contributed by atoms with Gasteiger partial charge in [-0.15, -0.1) is 0 Å². The van der Waals surface area contributed by atoms with Gasteiger partial charge in [-0.1, -0.05) is 37.3 Å². The zero-order chi connectivity index (χ0) is 15.6. The smallest absolute Gasteiger partial charge is 0.246 e. The molecule has 0 unspecified atom stereocenters. The van der Waals surface area contributed by atoms with Gasteiger partial charge in [0.2, 0.25) is 10.0 Å². The van der Waals surface area contributed by atoms with Gasteiger partial charge in [0.05, 0.1) is 5.69 Å². The Balaban J connectivity index is 2.37. The third kappa shape index (κ3) is 3.49. The summed E-state index contributed by atoms with van der Waals surface area (Å²) in [5.41, 5.74) is 5.23. The number of sulfonamides is 1. The van der Waals surface area contributed by atoms with E-state index < -0.39 is 20.7 Å². The van der Waals surface area contributed by atoms with Gasteiger partial charge >= 0.3 is 0 Å². The third-order valence-electron chi connectivity index (χ3n) is 4.03. The molecule has 0 saturated heterocycles. The Kier molecular flexibility index (Phi) is 5.11. The van der Waals surface area contributed by atoms with E-state index in [1.807, 2.05) is 0 Å². The standard InChI is InChI=1S/C14H20ClFN2O2S/c1-18(11-6-4-2-3-5-7-11)21(19,20)13-9-10(15)8-12(17)14(13)16/h8-9,11H,2-7,17H2,1H3. The van der Waals surface area contributed by atoms with Gasteiger partial charge in [0.25, 0.3) is 0 Å². The fourth-order valence-corrected chi connectivity index (χ4v) is 4.57. The van der Waals surface area contributed by atoms with Crippen LogP contribution in [0, 0.1) is 5.82 Å². The first-order valence-electron chi connectivity index (χ1n) is 7.06. The molecule has 0 aromatic heterocycles. The van der Waals surface area contributed by atoms with Crippen molar-refractivity contribution in [3.8, 4) is 0 Å². The quantitative estimate of drug-likeness (QED) is 0.680. The van der Waals surface area contributed by atoms with Crippen molar-refractivity contribution < 1.29 is 12.8 Å². The first kappa shape index (κ1) is 16.5. The summed E-state index contributed by atoms with van der Waals surface area (Å²) < 4.78 is 40.6. The van der Waals surface area contributed by atoms with Gasteiger partial charge < -0.3 is 5.73 Å². The van der Waals surface area contributed by atoms with Crippen LogP contribution in [0.1, 0.15) is 38.5 Å². The Bertz CT molecular complexity index is 614. The molecule has 4 nitrogen and oxygen atoms in total. The van der Waals surface area contributed by atoms with Crippen LogP contribution in [0.4, 0.5) is 10.1 Å². The van der Waals surface area contributed by atoms with Gasteiger partial charge in [-0.2, -0.15) is 4.31 Å². The molecule has 118 valence electrons. The number of hydrogen-bond donors (Lipinski definition) is 1. The zero-order valence-corrected chi connectivity index (χ0v) is 13.6. The highest BCUT2D eigenvalue weighted by Gasteiger charge is 2.31. The Hall–Kier alpha value is -0.850. The largest absolute Gasteiger partial charge is 0.396 e. The van der Waals surface area contributed by atoms with Crippen molar-refractivity contribution >= 4 is 27.3 Å². The predicted octanol–water partition coefficient (Wildman–Crippen LogP) is 3.40. The summed E-state index contributed by atoms with van der Waals surface area (Å²) in [6.45, 7) is 0. The molecule has 2 rings (SSSR count). The van der Waals surface area contributed by atoms with Crippen LogP contribution in [0.25, 0.3) is 0 Å². The van der Waals surface area contributed by atoms with Crippen molar-refractivity contribution in [2.45, 2.75) is 49.5 Å². The number of nitrogens with zero attached hydrogens (tertiary/aromatic N) is 1. The minimum Gasteiger partial charge on any atom is -0.396 e. The number of anilines is 1. The lowest BCUT2D eigenvalue weighted by molar-refractivity contribution is 0.334. The van der Waals surface area contributed by atoms with Crippen LogP contribution >= 0.6 is 11.6 Å². The summed E-state index contributed by atoms with van der Waals surface area (Å²) in [5.74, 6) is -0.931. The monoisotopic (exact) mass is 334 g/mol. The molecule has 21 heavy (non-hydrogen) atoms. The summed E-state index contributed by atoms with van der Waals surface area (Å²) in [6.07, 6.45) is 5.81. The highest BCUT2D eigenvalue weighted by atomic mass is 35.5. The zero-order valence-electron chi connectivity index (χ0n) is 12.0. The van der Waals surface area contributed by atoms with Crippen LogP contribution in [0.3, 0.4) is 0 Å². The minimum absolute atomic E-state index is 0.0999. The topological polar surface area (TPSA) is 63.4 Å². The van der Waals surface area contributed by atoms with Crippen LogP contribution < -0.4 is 5.73 Å².